The lowest BCUT2D eigenvalue weighted by atomic mass is 10.0. The zero-order chi connectivity index (χ0) is 15.6. The van der Waals surface area contributed by atoms with Crippen LogP contribution in [-0.4, -0.2) is 32.2 Å². The minimum Gasteiger partial charge on any atom is -0.480 e. The van der Waals surface area contributed by atoms with Crippen LogP contribution in [0.4, 0.5) is 0 Å². The summed E-state index contributed by atoms with van der Waals surface area (Å²) >= 11 is 0. The molecule has 1 aromatic heterocycles. The minimum atomic E-state index is -0.622. The molecule has 7 heteroatoms. The molecule has 0 aliphatic rings. The van der Waals surface area contributed by atoms with Gasteiger partial charge in [-0.3, -0.25) is 4.79 Å². The highest BCUT2D eigenvalue weighted by Crippen LogP contribution is 2.29. The highest BCUT2D eigenvalue weighted by Gasteiger charge is 2.18. The number of tetrazole rings is 1. The van der Waals surface area contributed by atoms with Gasteiger partial charge in [-0.15, -0.1) is 10.2 Å². The topological polar surface area (TPSA) is 95.9 Å². The van der Waals surface area contributed by atoms with E-state index < -0.39 is 12.0 Å². The highest BCUT2D eigenvalue weighted by atomic mass is 16.5. The van der Waals surface area contributed by atoms with Gasteiger partial charge in [0.15, 0.2) is 6.10 Å². The monoisotopic (exact) mass is 289 g/mol. The van der Waals surface area contributed by atoms with E-state index in [1.54, 1.807) is 7.05 Å². The number of aromatic nitrogens is 4. The number of benzene rings is 1. The third-order valence-electron chi connectivity index (χ3n) is 3.18. The molecule has 0 radical (unpaired) electrons. The Morgan fingerprint density at radius 1 is 1.38 bits per heavy atom. The average Bonchev–Trinajstić information content (AvgIpc) is 2.84. The quantitative estimate of drug-likeness (QED) is 0.890. The van der Waals surface area contributed by atoms with Gasteiger partial charge in [-0.05, 0) is 48.7 Å². The van der Waals surface area contributed by atoms with Crippen molar-refractivity contribution < 1.29 is 9.53 Å². The Morgan fingerprint density at radius 3 is 2.43 bits per heavy atom. The Bertz CT molecular complexity index is 642. The first-order chi connectivity index (χ1) is 9.92. The predicted octanol–water partition coefficient (Wildman–Crippen LogP) is 1.14. The summed E-state index contributed by atoms with van der Waals surface area (Å²) in [5.41, 5.74) is 7.98. The summed E-state index contributed by atoms with van der Waals surface area (Å²) in [5, 5.41) is 12.0. The number of carbonyl (C=O) groups is 1. The molecule has 0 fully saturated rings. The molecule has 0 saturated carbocycles. The van der Waals surface area contributed by atoms with E-state index in [1.807, 2.05) is 32.9 Å². The molecule has 7 nitrogen and oxygen atoms in total. The second-order valence-electron chi connectivity index (χ2n) is 4.96. The van der Waals surface area contributed by atoms with Gasteiger partial charge in [0.1, 0.15) is 5.75 Å². The van der Waals surface area contributed by atoms with Crippen LogP contribution < -0.4 is 10.5 Å². The van der Waals surface area contributed by atoms with Gasteiger partial charge in [0.05, 0.1) is 7.05 Å². The molecule has 21 heavy (non-hydrogen) atoms. The molecule has 1 amide bonds. The Hall–Kier alpha value is -2.44. The SMILES string of the molecule is CCC(Oc1c(C)cc(-c2nnn(C)n2)cc1C)C(N)=O. The Balaban J connectivity index is 2.35. The van der Waals surface area contributed by atoms with Crippen LogP contribution in [-0.2, 0) is 11.8 Å². The summed E-state index contributed by atoms with van der Waals surface area (Å²) in [5.74, 6) is 0.765. The molecule has 0 aliphatic heterocycles. The molecular formula is C14H19N5O2. The molecule has 2 aromatic rings. The second-order valence-corrected chi connectivity index (χ2v) is 4.96. The smallest absolute Gasteiger partial charge is 0.258 e. The van der Waals surface area contributed by atoms with Gasteiger partial charge >= 0.3 is 0 Å². The summed E-state index contributed by atoms with van der Waals surface area (Å²) in [6.07, 6.45) is -0.0929. The predicted molar refractivity (Wildman–Crippen MR) is 77.6 cm³/mol. The normalized spacial score (nSPS) is 12.2. The molecule has 112 valence electrons. The van der Waals surface area contributed by atoms with Crippen molar-refractivity contribution in [2.24, 2.45) is 12.8 Å². The van der Waals surface area contributed by atoms with Crippen molar-refractivity contribution in [3.63, 3.8) is 0 Å². The molecule has 2 N–H and O–H groups in total. The number of hydrogen-bond acceptors (Lipinski definition) is 5. The maximum absolute atomic E-state index is 11.3. The minimum absolute atomic E-state index is 0.462. The van der Waals surface area contributed by atoms with Gasteiger partial charge in [0.25, 0.3) is 5.91 Å². The van der Waals surface area contributed by atoms with Crippen LogP contribution in [0.25, 0.3) is 11.4 Å². The van der Waals surface area contributed by atoms with E-state index in [1.165, 1.54) is 4.80 Å². The molecule has 1 atom stereocenters. The summed E-state index contributed by atoms with van der Waals surface area (Å²) in [4.78, 5) is 12.7. The third-order valence-corrected chi connectivity index (χ3v) is 3.18. The van der Waals surface area contributed by atoms with Gasteiger partial charge in [0.2, 0.25) is 5.82 Å². The summed E-state index contributed by atoms with van der Waals surface area (Å²) in [6.45, 7) is 5.68. The van der Waals surface area contributed by atoms with E-state index in [4.69, 9.17) is 10.5 Å². The van der Waals surface area contributed by atoms with Crippen LogP contribution >= 0.6 is 0 Å². The lowest BCUT2D eigenvalue weighted by molar-refractivity contribution is -0.124. The molecule has 1 aromatic carbocycles. The van der Waals surface area contributed by atoms with Crippen LogP contribution in [0, 0.1) is 13.8 Å². The zero-order valence-corrected chi connectivity index (χ0v) is 12.6. The lowest BCUT2D eigenvalue weighted by Gasteiger charge is -2.18. The number of primary amides is 1. The van der Waals surface area contributed by atoms with Gasteiger partial charge in [-0.1, -0.05) is 6.92 Å². The van der Waals surface area contributed by atoms with Crippen molar-refractivity contribution in [1.29, 1.82) is 0 Å². The van der Waals surface area contributed by atoms with Crippen LogP contribution in [0.15, 0.2) is 12.1 Å². The van der Waals surface area contributed by atoms with E-state index in [-0.39, 0.29) is 0 Å². The summed E-state index contributed by atoms with van der Waals surface area (Å²) in [7, 11) is 1.71. The molecule has 1 unspecified atom stereocenters. The number of nitrogens with two attached hydrogens (primary N) is 1. The van der Waals surface area contributed by atoms with Gasteiger partial charge in [0, 0.05) is 5.56 Å². The van der Waals surface area contributed by atoms with Crippen molar-refractivity contribution in [2.45, 2.75) is 33.3 Å². The number of carbonyl (C=O) groups excluding carboxylic acids is 1. The fraction of sp³-hybridized carbons (Fsp3) is 0.429. The highest BCUT2D eigenvalue weighted by molar-refractivity contribution is 5.79. The first kappa shape index (κ1) is 15.0. The standard InChI is InChI=1S/C14H19N5O2/c1-5-11(13(15)20)21-12-8(2)6-10(7-9(12)3)14-16-18-19(4)17-14/h6-7,11H,5H2,1-4H3,(H2,15,20). The Morgan fingerprint density at radius 2 is 2.00 bits per heavy atom. The van der Waals surface area contributed by atoms with Crippen LogP contribution in [0.5, 0.6) is 5.75 Å². The fourth-order valence-corrected chi connectivity index (χ4v) is 2.15. The van der Waals surface area contributed by atoms with E-state index in [9.17, 15) is 4.79 Å². The number of nitrogens with zero attached hydrogens (tertiary/aromatic N) is 4. The number of hydrogen-bond donors (Lipinski definition) is 1. The molecular weight excluding hydrogens is 270 g/mol. The Kier molecular flexibility index (Phi) is 4.21. The van der Waals surface area contributed by atoms with Gasteiger partial charge < -0.3 is 10.5 Å². The van der Waals surface area contributed by atoms with Crippen molar-refractivity contribution in [3.8, 4) is 17.1 Å². The molecule has 0 saturated heterocycles. The van der Waals surface area contributed by atoms with Crippen molar-refractivity contribution in [2.75, 3.05) is 0 Å². The maximum Gasteiger partial charge on any atom is 0.258 e. The largest absolute Gasteiger partial charge is 0.480 e. The third kappa shape index (κ3) is 3.18. The Labute approximate surface area is 123 Å². The fourth-order valence-electron chi connectivity index (χ4n) is 2.15. The van der Waals surface area contributed by atoms with Gasteiger partial charge in [-0.25, -0.2) is 0 Å². The van der Waals surface area contributed by atoms with Crippen molar-refractivity contribution in [1.82, 2.24) is 20.2 Å². The molecule has 0 spiro atoms. The van der Waals surface area contributed by atoms with E-state index in [0.717, 1.165) is 16.7 Å². The zero-order valence-electron chi connectivity index (χ0n) is 12.6. The van der Waals surface area contributed by atoms with E-state index in [0.29, 0.717) is 18.0 Å². The average molecular weight is 289 g/mol. The molecule has 0 aliphatic carbocycles. The number of ether oxygens (including phenoxy) is 1. The molecule has 2 rings (SSSR count). The number of amides is 1. The summed E-state index contributed by atoms with van der Waals surface area (Å²) < 4.78 is 5.75. The van der Waals surface area contributed by atoms with Crippen LogP contribution in [0.1, 0.15) is 24.5 Å². The summed E-state index contributed by atoms with van der Waals surface area (Å²) in [6, 6.07) is 3.82. The number of rotatable bonds is 5. The first-order valence-corrected chi connectivity index (χ1v) is 6.74. The first-order valence-electron chi connectivity index (χ1n) is 6.74. The number of aryl methyl sites for hydroxylation is 3. The molecule has 1 heterocycles. The second kappa shape index (κ2) is 5.90. The van der Waals surface area contributed by atoms with Gasteiger partial charge in [-0.2, -0.15) is 4.80 Å². The molecule has 0 bridgehead atoms. The maximum atomic E-state index is 11.3. The van der Waals surface area contributed by atoms with Crippen LogP contribution in [0.2, 0.25) is 0 Å². The van der Waals surface area contributed by atoms with E-state index >= 15 is 0 Å². The van der Waals surface area contributed by atoms with Crippen molar-refractivity contribution >= 4 is 5.91 Å². The van der Waals surface area contributed by atoms with Crippen LogP contribution in [0.3, 0.4) is 0 Å². The lowest BCUT2D eigenvalue weighted by Crippen LogP contribution is -2.33. The van der Waals surface area contributed by atoms with Crippen molar-refractivity contribution in [3.05, 3.63) is 23.3 Å². The van der Waals surface area contributed by atoms with E-state index in [2.05, 4.69) is 15.4 Å².